The average Bonchev–Trinajstić information content (AvgIpc) is 3.21. The standard InChI is InChI=1S/C27H32ClN5O3/c1-4-12-30-13-11-26-24(17-30)25(29-32(26)22-9-6-8-21(28)15-22)18-31(16-19(2)3)27(34)20-7-5-10-23(14-20)33(35)36/h5-10,14-15,19H,4,11-13,16-18H2,1-3H3. The third-order valence-corrected chi connectivity index (χ3v) is 6.56. The van der Waals surface area contributed by atoms with Crippen molar-refractivity contribution in [2.45, 2.75) is 46.7 Å². The molecular weight excluding hydrogens is 478 g/mol. The van der Waals surface area contributed by atoms with Crippen LogP contribution in [0.4, 0.5) is 5.69 Å². The summed E-state index contributed by atoms with van der Waals surface area (Å²) in [6.45, 7) is 9.86. The number of nitro groups is 1. The second kappa shape index (κ2) is 11.2. The number of amides is 1. The lowest BCUT2D eigenvalue weighted by Crippen LogP contribution is -2.35. The van der Waals surface area contributed by atoms with E-state index in [4.69, 9.17) is 16.7 Å². The molecule has 0 aliphatic carbocycles. The van der Waals surface area contributed by atoms with Gasteiger partial charge in [0.2, 0.25) is 0 Å². The maximum absolute atomic E-state index is 13.6. The molecule has 0 spiro atoms. The third-order valence-electron chi connectivity index (χ3n) is 6.33. The van der Waals surface area contributed by atoms with Gasteiger partial charge in [0.15, 0.2) is 0 Å². The number of halogens is 1. The number of rotatable bonds is 9. The molecule has 1 aliphatic heterocycles. The molecule has 0 unspecified atom stereocenters. The molecule has 0 saturated heterocycles. The van der Waals surface area contributed by atoms with Crippen LogP contribution in [0.1, 0.15) is 54.5 Å². The van der Waals surface area contributed by atoms with Crippen molar-refractivity contribution in [3.8, 4) is 5.69 Å². The minimum absolute atomic E-state index is 0.0943. The van der Waals surface area contributed by atoms with Crippen molar-refractivity contribution in [3.63, 3.8) is 0 Å². The number of carbonyl (C=O) groups excluding carboxylic acids is 1. The van der Waals surface area contributed by atoms with Crippen molar-refractivity contribution in [2.75, 3.05) is 19.6 Å². The summed E-state index contributed by atoms with van der Waals surface area (Å²) >= 11 is 6.28. The molecule has 1 aliphatic rings. The molecule has 3 aromatic rings. The number of benzene rings is 2. The van der Waals surface area contributed by atoms with Crippen molar-refractivity contribution < 1.29 is 9.72 Å². The molecule has 0 radical (unpaired) electrons. The summed E-state index contributed by atoms with van der Waals surface area (Å²) in [5, 5.41) is 16.9. The summed E-state index contributed by atoms with van der Waals surface area (Å²) in [6, 6.07) is 13.6. The number of nitro benzene ring substituents is 1. The zero-order chi connectivity index (χ0) is 25.8. The highest BCUT2D eigenvalue weighted by Crippen LogP contribution is 2.28. The highest BCUT2D eigenvalue weighted by atomic mass is 35.5. The SMILES string of the molecule is CCCN1CCc2c(c(CN(CC(C)C)C(=O)c3cccc([N+](=O)[O-])c3)nn2-c2cccc(Cl)c2)C1. The second-order valence-corrected chi connectivity index (χ2v) is 10.1. The second-order valence-electron chi connectivity index (χ2n) is 9.68. The van der Waals surface area contributed by atoms with E-state index in [1.54, 1.807) is 17.0 Å². The highest BCUT2D eigenvalue weighted by Gasteiger charge is 2.28. The van der Waals surface area contributed by atoms with Crippen LogP contribution in [0.15, 0.2) is 48.5 Å². The van der Waals surface area contributed by atoms with Gasteiger partial charge in [-0.3, -0.25) is 19.8 Å². The van der Waals surface area contributed by atoms with E-state index in [2.05, 4.69) is 25.7 Å². The molecule has 1 aromatic heterocycles. The molecular formula is C27H32ClN5O3. The topological polar surface area (TPSA) is 84.5 Å². The van der Waals surface area contributed by atoms with Crippen molar-refractivity contribution in [3.05, 3.63) is 86.2 Å². The Balaban J connectivity index is 1.73. The normalized spacial score (nSPS) is 13.6. The number of hydrogen-bond acceptors (Lipinski definition) is 5. The Morgan fingerprint density at radius 3 is 2.69 bits per heavy atom. The number of nitrogens with zero attached hydrogens (tertiary/aromatic N) is 5. The molecule has 0 N–H and O–H groups in total. The van der Waals surface area contributed by atoms with E-state index in [0.29, 0.717) is 23.7 Å². The summed E-state index contributed by atoms with van der Waals surface area (Å²) in [4.78, 5) is 28.5. The van der Waals surface area contributed by atoms with E-state index in [-0.39, 0.29) is 17.5 Å². The van der Waals surface area contributed by atoms with Crippen molar-refractivity contribution in [2.24, 2.45) is 5.92 Å². The van der Waals surface area contributed by atoms with E-state index in [0.717, 1.165) is 55.1 Å². The minimum atomic E-state index is -0.477. The lowest BCUT2D eigenvalue weighted by atomic mass is 10.0. The Morgan fingerprint density at radius 1 is 1.22 bits per heavy atom. The van der Waals surface area contributed by atoms with Crippen LogP contribution in [0.5, 0.6) is 0 Å². The maximum atomic E-state index is 13.6. The summed E-state index contributed by atoms with van der Waals surface area (Å²) in [5.74, 6) is -0.0187. The number of fused-ring (bicyclic) bond motifs is 1. The van der Waals surface area contributed by atoms with E-state index < -0.39 is 4.92 Å². The first kappa shape index (κ1) is 25.9. The van der Waals surface area contributed by atoms with Crippen LogP contribution in [-0.2, 0) is 19.5 Å². The summed E-state index contributed by atoms with van der Waals surface area (Å²) in [7, 11) is 0. The molecule has 8 nitrogen and oxygen atoms in total. The first-order chi connectivity index (χ1) is 17.3. The highest BCUT2D eigenvalue weighted by molar-refractivity contribution is 6.30. The smallest absolute Gasteiger partial charge is 0.270 e. The monoisotopic (exact) mass is 509 g/mol. The third kappa shape index (κ3) is 5.77. The van der Waals surface area contributed by atoms with Crippen LogP contribution in [-0.4, -0.2) is 50.0 Å². The van der Waals surface area contributed by atoms with Crippen LogP contribution < -0.4 is 0 Å². The van der Waals surface area contributed by atoms with Gasteiger partial charge >= 0.3 is 0 Å². The van der Waals surface area contributed by atoms with E-state index >= 15 is 0 Å². The molecule has 36 heavy (non-hydrogen) atoms. The zero-order valence-corrected chi connectivity index (χ0v) is 21.7. The first-order valence-corrected chi connectivity index (χ1v) is 12.8. The quantitative estimate of drug-likeness (QED) is 0.281. The summed E-state index contributed by atoms with van der Waals surface area (Å²) < 4.78 is 1.96. The van der Waals surface area contributed by atoms with Crippen LogP contribution in [0.2, 0.25) is 5.02 Å². The lowest BCUT2D eigenvalue weighted by molar-refractivity contribution is -0.384. The number of carbonyl (C=O) groups is 1. The predicted octanol–water partition coefficient (Wildman–Crippen LogP) is 5.50. The number of aromatic nitrogens is 2. The van der Waals surface area contributed by atoms with Gasteiger partial charge in [0, 0.05) is 54.3 Å². The molecule has 0 saturated carbocycles. The molecule has 1 amide bonds. The van der Waals surface area contributed by atoms with Gasteiger partial charge in [-0.1, -0.05) is 44.5 Å². The van der Waals surface area contributed by atoms with Gasteiger partial charge in [-0.05, 0) is 43.1 Å². The lowest BCUT2D eigenvalue weighted by Gasteiger charge is -2.28. The number of non-ortho nitro benzene ring substituents is 1. The van der Waals surface area contributed by atoms with Gasteiger partial charge in [-0.15, -0.1) is 0 Å². The predicted molar refractivity (Wildman–Crippen MR) is 141 cm³/mol. The van der Waals surface area contributed by atoms with Gasteiger partial charge < -0.3 is 4.90 Å². The molecule has 190 valence electrons. The Labute approximate surface area is 216 Å². The molecule has 2 heterocycles. The zero-order valence-electron chi connectivity index (χ0n) is 21.0. The van der Waals surface area contributed by atoms with Crippen molar-refractivity contribution in [1.29, 1.82) is 0 Å². The first-order valence-electron chi connectivity index (χ1n) is 12.4. The minimum Gasteiger partial charge on any atom is -0.332 e. The molecule has 0 fully saturated rings. The van der Waals surface area contributed by atoms with Gasteiger partial charge in [0.1, 0.15) is 0 Å². The molecule has 0 bridgehead atoms. The van der Waals surface area contributed by atoms with Crippen LogP contribution in [0.3, 0.4) is 0 Å². The fourth-order valence-electron chi connectivity index (χ4n) is 4.77. The van der Waals surface area contributed by atoms with Crippen LogP contribution in [0, 0.1) is 16.0 Å². The van der Waals surface area contributed by atoms with Crippen molar-refractivity contribution in [1.82, 2.24) is 19.6 Å². The van der Waals surface area contributed by atoms with Crippen LogP contribution in [0.25, 0.3) is 5.69 Å². The molecule has 4 rings (SSSR count). The Bertz CT molecular complexity index is 1260. The van der Waals surface area contributed by atoms with Gasteiger partial charge in [-0.2, -0.15) is 5.10 Å². The van der Waals surface area contributed by atoms with E-state index in [9.17, 15) is 14.9 Å². The maximum Gasteiger partial charge on any atom is 0.270 e. The fraction of sp³-hybridized carbons (Fsp3) is 0.407. The van der Waals surface area contributed by atoms with Crippen molar-refractivity contribution >= 4 is 23.2 Å². The van der Waals surface area contributed by atoms with E-state index in [1.807, 2.05) is 28.9 Å². The number of hydrogen-bond donors (Lipinski definition) is 0. The Morgan fingerprint density at radius 2 is 2.00 bits per heavy atom. The van der Waals surface area contributed by atoms with Crippen LogP contribution >= 0.6 is 11.6 Å². The Hall–Kier alpha value is -3.23. The Kier molecular flexibility index (Phi) is 8.06. The van der Waals surface area contributed by atoms with Gasteiger partial charge in [-0.25, -0.2) is 4.68 Å². The molecule has 9 heteroatoms. The fourth-order valence-corrected chi connectivity index (χ4v) is 4.96. The summed E-state index contributed by atoms with van der Waals surface area (Å²) in [6.07, 6.45) is 1.93. The largest absolute Gasteiger partial charge is 0.332 e. The molecule has 0 atom stereocenters. The average molecular weight is 510 g/mol. The summed E-state index contributed by atoms with van der Waals surface area (Å²) in [5.41, 5.74) is 4.26. The van der Waals surface area contributed by atoms with E-state index in [1.165, 1.54) is 12.1 Å². The van der Waals surface area contributed by atoms with Gasteiger partial charge in [0.25, 0.3) is 11.6 Å². The van der Waals surface area contributed by atoms with Gasteiger partial charge in [0.05, 0.1) is 28.5 Å². The molecule has 2 aromatic carbocycles.